The summed E-state index contributed by atoms with van der Waals surface area (Å²) in [7, 11) is 3.03. The number of rotatable bonds is 5. The molecule has 1 aliphatic rings. The van der Waals surface area contributed by atoms with Crippen molar-refractivity contribution in [3.8, 4) is 11.5 Å². The monoisotopic (exact) mass is 381 g/mol. The first-order chi connectivity index (χ1) is 13.5. The minimum Gasteiger partial charge on any atom is -0.497 e. The lowest BCUT2D eigenvalue weighted by Gasteiger charge is -2.11. The number of nitrogens with one attached hydrogen (secondary N) is 1. The lowest BCUT2D eigenvalue weighted by Crippen LogP contribution is -2.38. The molecule has 0 unspecified atom stereocenters. The fourth-order valence-corrected chi connectivity index (χ4v) is 2.57. The molecule has 28 heavy (non-hydrogen) atoms. The molecule has 1 heterocycles. The molecule has 3 rings (SSSR count). The van der Waals surface area contributed by atoms with E-state index >= 15 is 0 Å². The Morgan fingerprint density at radius 1 is 1.14 bits per heavy atom. The van der Waals surface area contributed by atoms with Crippen LogP contribution in [0, 0.1) is 0 Å². The van der Waals surface area contributed by atoms with Gasteiger partial charge in [0.05, 0.1) is 19.9 Å². The highest BCUT2D eigenvalue weighted by atomic mass is 16.5. The predicted octanol–water partition coefficient (Wildman–Crippen LogP) is 2.65. The van der Waals surface area contributed by atoms with E-state index in [4.69, 9.17) is 9.47 Å². The summed E-state index contributed by atoms with van der Waals surface area (Å²) < 4.78 is 10.4. The van der Waals surface area contributed by atoms with Gasteiger partial charge < -0.3 is 14.8 Å². The second kappa shape index (κ2) is 8.30. The molecule has 2 amide bonds. The zero-order valence-electron chi connectivity index (χ0n) is 15.6. The molecule has 0 radical (unpaired) electrons. The minimum absolute atomic E-state index is 0.104. The van der Waals surface area contributed by atoms with E-state index in [2.05, 4.69) is 20.6 Å². The number of para-hydroxylation sites is 1. The van der Waals surface area contributed by atoms with Crippen LogP contribution in [0.3, 0.4) is 0 Å². The third-order valence-electron chi connectivity index (χ3n) is 3.88. The third kappa shape index (κ3) is 3.98. The van der Waals surface area contributed by atoms with Gasteiger partial charge in [0, 0.05) is 13.0 Å². The molecule has 0 aliphatic carbocycles. The summed E-state index contributed by atoms with van der Waals surface area (Å²) in [6.07, 6.45) is 0. The first-order valence-corrected chi connectivity index (χ1v) is 8.41. The summed E-state index contributed by atoms with van der Waals surface area (Å²) in [5.74, 6) is 0.343. The number of amidine groups is 1. The molecule has 1 N–H and O–H groups in total. The van der Waals surface area contributed by atoms with E-state index in [1.54, 1.807) is 42.5 Å². The number of hydrogen-bond acceptors (Lipinski definition) is 7. The quantitative estimate of drug-likeness (QED) is 0.804. The van der Waals surface area contributed by atoms with Crippen molar-refractivity contribution in [2.24, 2.45) is 15.3 Å². The van der Waals surface area contributed by atoms with E-state index in [0.29, 0.717) is 22.9 Å². The molecule has 0 aromatic heterocycles. The van der Waals surface area contributed by atoms with Gasteiger partial charge in [-0.3, -0.25) is 9.59 Å². The average molecular weight is 381 g/mol. The van der Waals surface area contributed by atoms with Gasteiger partial charge in [-0.2, -0.15) is 15.2 Å². The zero-order chi connectivity index (χ0) is 20.1. The van der Waals surface area contributed by atoms with Gasteiger partial charge in [-0.05, 0) is 24.3 Å². The van der Waals surface area contributed by atoms with E-state index in [1.807, 2.05) is 6.07 Å². The second-order valence-corrected chi connectivity index (χ2v) is 5.81. The highest BCUT2D eigenvalue weighted by molar-refractivity contribution is 6.21. The topological polar surface area (TPSA) is 105 Å². The highest BCUT2D eigenvalue weighted by Gasteiger charge is 2.38. The predicted molar refractivity (Wildman–Crippen MR) is 103 cm³/mol. The number of nitrogens with zero attached hydrogens (tertiary/aromatic N) is 4. The molecule has 1 atom stereocenters. The van der Waals surface area contributed by atoms with Crippen molar-refractivity contribution in [2.75, 3.05) is 19.2 Å². The highest BCUT2D eigenvalue weighted by Crippen LogP contribution is 2.32. The van der Waals surface area contributed by atoms with Crippen molar-refractivity contribution < 1.29 is 19.1 Å². The molecule has 144 valence electrons. The minimum atomic E-state index is -1.08. The van der Waals surface area contributed by atoms with Crippen LogP contribution in [-0.4, -0.2) is 37.9 Å². The summed E-state index contributed by atoms with van der Waals surface area (Å²) in [6.45, 7) is 1.33. The number of ether oxygens (including phenoxy) is 2. The fourth-order valence-electron chi connectivity index (χ4n) is 2.57. The second-order valence-electron chi connectivity index (χ2n) is 5.81. The van der Waals surface area contributed by atoms with Gasteiger partial charge in [-0.1, -0.05) is 18.2 Å². The first-order valence-electron chi connectivity index (χ1n) is 8.41. The van der Waals surface area contributed by atoms with E-state index in [9.17, 15) is 9.59 Å². The molecule has 0 bridgehead atoms. The van der Waals surface area contributed by atoms with E-state index in [1.165, 1.54) is 26.2 Å². The van der Waals surface area contributed by atoms with Crippen LogP contribution >= 0.6 is 0 Å². The van der Waals surface area contributed by atoms with Gasteiger partial charge in [-0.25, -0.2) is 0 Å². The lowest BCUT2D eigenvalue weighted by molar-refractivity contribution is -0.117. The van der Waals surface area contributed by atoms with Crippen LogP contribution in [0.1, 0.15) is 6.92 Å². The fraction of sp³-hybridized carbons (Fsp3) is 0.211. The summed E-state index contributed by atoms with van der Waals surface area (Å²) in [5, 5.41) is 16.2. The average Bonchev–Trinajstić information content (AvgIpc) is 3.01. The molecule has 9 nitrogen and oxygen atoms in total. The van der Waals surface area contributed by atoms with Crippen molar-refractivity contribution >= 4 is 29.0 Å². The first kappa shape index (κ1) is 19.0. The normalized spacial score (nSPS) is 16.2. The maximum Gasteiger partial charge on any atom is 0.282 e. The number of benzene rings is 2. The van der Waals surface area contributed by atoms with Crippen molar-refractivity contribution in [1.82, 2.24) is 5.32 Å². The third-order valence-corrected chi connectivity index (χ3v) is 3.88. The van der Waals surface area contributed by atoms with Crippen LogP contribution in [0.4, 0.5) is 11.4 Å². The van der Waals surface area contributed by atoms with Crippen LogP contribution in [0.2, 0.25) is 0 Å². The Morgan fingerprint density at radius 3 is 2.54 bits per heavy atom. The molecular weight excluding hydrogens is 362 g/mol. The van der Waals surface area contributed by atoms with Crippen molar-refractivity contribution in [1.29, 1.82) is 0 Å². The number of anilines is 1. The molecule has 1 aliphatic heterocycles. The van der Waals surface area contributed by atoms with Crippen LogP contribution in [-0.2, 0) is 9.59 Å². The van der Waals surface area contributed by atoms with Gasteiger partial charge in [-0.15, -0.1) is 5.10 Å². The molecule has 0 fully saturated rings. The number of carbonyl (C=O) groups excluding carboxylic acids is 2. The Bertz CT molecular complexity index is 943. The Hall–Kier alpha value is -3.75. The van der Waals surface area contributed by atoms with Crippen molar-refractivity contribution in [3.05, 3.63) is 48.5 Å². The number of carbonyl (C=O) groups is 2. The van der Waals surface area contributed by atoms with Crippen molar-refractivity contribution in [3.63, 3.8) is 0 Å². The molecule has 0 saturated carbocycles. The smallest absolute Gasteiger partial charge is 0.282 e. The van der Waals surface area contributed by atoms with Gasteiger partial charge in [0.1, 0.15) is 17.2 Å². The molecule has 0 saturated heterocycles. The maximum absolute atomic E-state index is 12.8. The van der Waals surface area contributed by atoms with Gasteiger partial charge in [0.2, 0.25) is 11.9 Å². The van der Waals surface area contributed by atoms with Crippen LogP contribution in [0.15, 0.2) is 63.9 Å². The van der Waals surface area contributed by atoms with Crippen LogP contribution in [0.25, 0.3) is 0 Å². The van der Waals surface area contributed by atoms with Gasteiger partial charge in [0.15, 0.2) is 5.84 Å². The number of hydrogen-bond donors (Lipinski definition) is 1. The van der Waals surface area contributed by atoms with E-state index in [-0.39, 0.29) is 11.7 Å². The number of methoxy groups -OCH3 is 2. The van der Waals surface area contributed by atoms with Crippen molar-refractivity contribution in [2.45, 2.75) is 13.0 Å². The number of azo groups is 1. The van der Waals surface area contributed by atoms with Crippen LogP contribution in [0.5, 0.6) is 11.5 Å². The molecule has 9 heteroatoms. The summed E-state index contributed by atoms with van der Waals surface area (Å²) in [5.41, 5.74) is 0.946. The Labute approximate surface area is 161 Å². The summed E-state index contributed by atoms with van der Waals surface area (Å²) in [6, 6.07) is 12.8. The molecule has 0 spiro atoms. The SMILES string of the molecule is COc1ccc(OC)c(N=N[C@@H]2C(=O)N(c3ccccc3)N=C2NC(C)=O)c1. The maximum atomic E-state index is 12.8. The van der Waals surface area contributed by atoms with E-state index < -0.39 is 11.9 Å². The Morgan fingerprint density at radius 2 is 1.89 bits per heavy atom. The Balaban J connectivity index is 1.93. The molecular formula is C19H19N5O4. The Kier molecular flexibility index (Phi) is 5.64. The molecule has 2 aromatic rings. The summed E-state index contributed by atoms with van der Waals surface area (Å²) in [4.78, 5) is 24.4. The summed E-state index contributed by atoms with van der Waals surface area (Å²) >= 11 is 0. The lowest BCUT2D eigenvalue weighted by atomic mass is 10.2. The molecule has 2 aromatic carbocycles. The van der Waals surface area contributed by atoms with Gasteiger partial charge >= 0.3 is 0 Å². The largest absolute Gasteiger partial charge is 0.497 e. The number of amides is 2. The zero-order valence-corrected chi connectivity index (χ0v) is 15.6. The van der Waals surface area contributed by atoms with Gasteiger partial charge in [0.25, 0.3) is 5.91 Å². The van der Waals surface area contributed by atoms with Crippen LogP contribution < -0.4 is 19.8 Å². The number of hydrazone groups is 1. The van der Waals surface area contributed by atoms with E-state index in [0.717, 1.165) is 0 Å². The standard InChI is InChI=1S/C19H19N5O4/c1-12(25)20-18-17(19(26)24(23-18)13-7-5-4-6-8-13)22-21-15-11-14(27-2)9-10-16(15)28-3/h4-11,17H,1-3H3,(H,20,23,25)/t17-/m0/s1.